The quantitative estimate of drug-likeness (QED) is 0.895. The number of carboxylic acid groups (broad SMARTS) is 1. The summed E-state index contributed by atoms with van der Waals surface area (Å²) >= 11 is 0. The van der Waals surface area contributed by atoms with Crippen LogP contribution in [0.1, 0.15) is 33.8 Å². The molecular weight excluding hydrogens is 236 g/mol. The average Bonchev–Trinajstić information content (AvgIpc) is 2.39. The molecule has 1 N–H and O–H groups in total. The number of aromatic carboxylic acids is 1. The number of rotatable bonds is 3. The van der Waals surface area contributed by atoms with E-state index in [9.17, 15) is 9.90 Å². The van der Waals surface area contributed by atoms with Crippen molar-refractivity contribution < 1.29 is 9.90 Å². The van der Waals surface area contributed by atoms with Crippen LogP contribution in [0.3, 0.4) is 0 Å². The van der Waals surface area contributed by atoms with E-state index in [0.717, 1.165) is 12.0 Å². The molecule has 0 aliphatic heterocycles. The highest BCUT2D eigenvalue weighted by Crippen LogP contribution is 2.41. The lowest BCUT2D eigenvalue weighted by molar-refractivity contribution is 0.0695. The van der Waals surface area contributed by atoms with Crippen molar-refractivity contribution in [2.45, 2.75) is 12.3 Å². The summed E-state index contributed by atoms with van der Waals surface area (Å²) in [6, 6.07) is 17.5. The van der Waals surface area contributed by atoms with Gasteiger partial charge in [-0.25, -0.2) is 4.79 Å². The molecule has 0 amide bonds. The third-order valence-electron chi connectivity index (χ3n) is 3.58. The fourth-order valence-electron chi connectivity index (χ4n) is 2.53. The van der Waals surface area contributed by atoms with Gasteiger partial charge in [-0.2, -0.15) is 0 Å². The SMILES string of the molecule is O=C(O)c1ccccc1C1C=C(c2ccccc2)C1. The van der Waals surface area contributed by atoms with Crippen molar-refractivity contribution in [2.75, 3.05) is 0 Å². The Morgan fingerprint density at radius 3 is 2.32 bits per heavy atom. The second kappa shape index (κ2) is 4.73. The van der Waals surface area contributed by atoms with Crippen molar-refractivity contribution >= 4 is 11.5 Å². The van der Waals surface area contributed by atoms with Gasteiger partial charge in [0.15, 0.2) is 0 Å². The van der Waals surface area contributed by atoms with E-state index in [2.05, 4.69) is 18.2 Å². The molecule has 0 saturated carbocycles. The zero-order chi connectivity index (χ0) is 13.2. The second-order valence-electron chi connectivity index (χ2n) is 4.76. The summed E-state index contributed by atoms with van der Waals surface area (Å²) in [5, 5.41) is 9.20. The highest BCUT2D eigenvalue weighted by Gasteiger charge is 2.25. The van der Waals surface area contributed by atoms with E-state index < -0.39 is 5.97 Å². The topological polar surface area (TPSA) is 37.3 Å². The largest absolute Gasteiger partial charge is 0.478 e. The van der Waals surface area contributed by atoms with E-state index in [4.69, 9.17) is 0 Å². The van der Waals surface area contributed by atoms with Crippen LogP contribution in [0.5, 0.6) is 0 Å². The smallest absolute Gasteiger partial charge is 0.335 e. The van der Waals surface area contributed by atoms with Crippen molar-refractivity contribution in [3.8, 4) is 0 Å². The summed E-state index contributed by atoms with van der Waals surface area (Å²) in [7, 11) is 0. The van der Waals surface area contributed by atoms with Crippen LogP contribution >= 0.6 is 0 Å². The van der Waals surface area contributed by atoms with Crippen LogP contribution < -0.4 is 0 Å². The Hall–Kier alpha value is -2.35. The molecule has 0 aromatic heterocycles. The Kier molecular flexibility index (Phi) is 2.92. The van der Waals surface area contributed by atoms with E-state index >= 15 is 0 Å². The van der Waals surface area contributed by atoms with Gasteiger partial charge in [-0.1, -0.05) is 54.6 Å². The zero-order valence-electron chi connectivity index (χ0n) is 10.4. The van der Waals surface area contributed by atoms with E-state index in [-0.39, 0.29) is 5.92 Å². The molecule has 1 aliphatic rings. The Morgan fingerprint density at radius 1 is 1.00 bits per heavy atom. The average molecular weight is 250 g/mol. The molecule has 0 heterocycles. The van der Waals surface area contributed by atoms with Crippen LogP contribution in [-0.2, 0) is 0 Å². The fraction of sp³-hybridized carbons (Fsp3) is 0.118. The summed E-state index contributed by atoms with van der Waals surface area (Å²) in [6.07, 6.45) is 3.07. The van der Waals surface area contributed by atoms with Crippen LogP contribution in [0.4, 0.5) is 0 Å². The van der Waals surface area contributed by atoms with Gasteiger partial charge in [-0.15, -0.1) is 0 Å². The van der Waals surface area contributed by atoms with Gasteiger partial charge in [0.05, 0.1) is 5.56 Å². The minimum atomic E-state index is -0.850. The predicted octanol–water partition coefficient (Wildman–Crippen LogP) is 3.96. The fourth-order valence-corrected chi connectivity index (χ4v) is 2.53. The van der Waals surface area contributed by atoms with Gasteiger partial charge >= 0.3 is 5.97 Å². The number of hydrogen-bond acceptors (Lipinski definition) is 1. The lowest BCUT2D eigenvalue weighted by atomic mass is 9.77. The molecule has 0 saturated heterocycles. The number of allylic oxidation sites excluding steroid dienone is 2. The normalized spacial score (nSPS) is 17.5. The maximum absolute atomic E-state index is 11.2. The molecule has 3 rings (SSSR count). The number of hydrogen-bond donors (Lipinski definition) is 1. The molecule has 1 atom stereocenters. The molecular formula is C17H14O2. The Morgan fingerprint density at radius 2 is 1.63 bits per heavy atom. The summed E-state index contributed by atoms with van der Waals surface area (Å²) < 4.78 is 0. The van der Waals surface area contributed by atoms with E-state index in [1.54, 1.807) is 12.1 Å². The van der Waals surface area contributed by atoms with Gasteiger partial charge in [-0.3, -0.25) is 0 Å². The monoisotopic (exact) mass is 250 g/mol. The molecule has 19 heavy (non-hydrogen) atoms. The number of carboxylic acids is 1. The molecule has 2 heteroatoms. The minimum absolute atomic E-state index is 0.225. The third kappa shape index (κ3) is 2.17. The van der Waals surface area contributed by atoms with Crippen LogP contribution in [0.15, 0.2) is 60.7 Å². The maximum Gasteiger partial charge on any atom is 0.335 e. The van der Waals surface area contributed by atoms with Gasteiger partial charge in [-0.05, 0) is 29.2 Å². The predicted molar refractivity (Wildman–Crippen MR) is 75.2 cm³/mol. The van der Waals surface area contributed by atoms with E-state index in [1.165, 1.54) is 11.1 Å². The molecule has 2 aromatic carbocycles. The molecule has 1 unspecified atom stereocenters. The molecule has 0 fully saturated rings. The Bertz CT molecular complexity index is 641. The summed E-state index contributed by atoms with van der Waals surface area (Å²) in [4.78, 5) is 11.2. The van der Waals surface area contributed by atoms with Crippen LogP contribution in [-0.4, -0.2) is 11.1 Å². The van der Waals surface area contributed by atoms with Crippen LogP contribution in [0, 0.1) is 0 Å². The van der Waals surface area contributed by atoms with Gasteiger partial charge in [0.1, 0.15) is 0 Å². The molecule has 0 radical (unpaired) electrons. The number of benzene rings is 2. The van der Waals surface area contributed by atoms with Crippen LogP contribution in [0.25, 0.3) is 5.57 Å². The van der Waals surface area contributed by atoms with Gasteiger partial charge in [0.2, 0.25) is 0 Å². The standard InChI is InChI=1S/C17H14O2/c18-17(19)16-9-5-4-8-15(16)14-10-13(11-14)12-6-2-1-3-7-12/h1-10,14H,11H2,(H,18,19). The van der Waals surface area contributed by atoms with Crippen molar-refractivity contribution in [1.82, 2.24) is 0 Å². The Labute approximate surface area is 112 Å². The van der Waals surface area contributed by atoms with Gasteiger partial charge in [0, 0.05) is 5.92 Å². The van der Waals surface area contributed by atoms with Crippen molar-refractivity contribution in [3.63, 3.8) is 0 Å². The molecule has 94 valence electrons. The number of carbonyl (C=O) groups is 1. The summed E-state index contributed by atoms with van der Waals surface area (Å²) in [5.41, 5.74) is 3.85. The minimum Gasteiger partial charge on any atom is -0.478 e. The molecule has 2 nitrogen and oxygen atoms in total. The second-order valence-corrected chi connectivity index (χ2v) is 4.76. The molecule has 0 spiro atoms. The lowest BCUT2D eigenvalue weighted by Gasteiger charge is -2.27. The molecule has 2 aromatic rings. The third-order valence-corrected chi connectivity index (χ3v) is 3.58. The van der Waals surface area contributed by atoms with Gasteiger partial charge in [0.25, 0.3) is 0 Å². The van der Waals surface area contributed by atoms with Crippen molar-refractivity contribution in [2.24, 2.45) is 0 Å². The highest BCUT2D eigenvalue weighted by atomic mass is 16.4. The van der Waals surface area contributed by atoms with Crippen molar-refractivity contribution in [1.29, 1.82) is 0 Å². The van der Waals surface area contributed by atoms with E-state index in [0.29, 0.717) is 5.56 Å². The Balaban J connectivity index is 1.89. The van der Waals surface area contributed by atoms with Gasteiger partial charge < -0.3 is 5.11 Å². The lowest BCUT2D eigenvalue weighted by Crippen LogP contribution is -2.12. The van der Waals surface area contributed by atoms with Crippen LogP contribution in [0.2, 0.25) is 0 Å². The molecule has 0 bridgehead atoms. The first-order chi connectivity index (χ1) is 9.25. The first-order valence-corrected chi connectivity index (χ1v) is 6.34. The highest BCUT2D eigenvalue weighted by molar-refractivity contribution is 5.90. The van der Waals surface area contributed by atoms with E-state index in [1.807, 2.05) is 30.3 Å². The zero-order valence-corrected chi connectivity index (χ0v) is 10.4. The van der Waals surface area contributed by atoms with Crippen molar-refractivity contribution in [3.05, 3.63) is 77.4 Å². The first kappa shape index (κ1) is 11.7. The maximum atomic E-state index is 11.2. The summed E-state index contributed by atoms with van der Waals surface area (Å²) in [5.74, 6) is -0.625. The molecule has 1 aliphatic carbocycles. The first-order valence-electron chi connectivity index (χ1n) is 6.34. The summed E-state index contributed by atoms with van der Waals surface area (Å²) in [6.45, 7) is 0.